The normalized spacial score (nSPS) is 38.4. The number of carboxylic acid groups (broad SMARTS) is 1. The van der Waals surface area contributed by atoms with Gasteiger partial charge in [0.2, 0.25) is 0 Å². The molecule has 9 heteroatoms. The van der Waals surface area contributed by atoms with Crippen LogP contribution < -0.4 is 10.1 Å². The highest BCUT2D eigenvalue weighted by Gasteiger charge is 2.70. The van der Waals surface area contributed by atoms with E-state index in [1.165, 1.54) is 5.57 Å². The van der Waals surface area contributed by atoms with Crippen LogP contribution >= 0.6 is 0 Å². The van der Waals surface area contributed by atoms with Crippen LogP contribution in [0.4, 0.5) is 0 Å². The standard InChI is InChI=1S/C49H71NO8/c1-29(2)39-35(51)28-49(23-24-50-41(52)30-11-13-31(14-12-30)57-26-25-56-10)22-21-47(8)32(40(39)49)15-16-37-46(7)19-18-38(45(5,6)36(46)17-20-48(37,47)9)58-43(55)34-27-33(42(53)54)44(34,3)4/h11-14,29,32-34,36-38H,15-28H2,1-10H3,(H,50,52)(H,53,54)/t32-,33+,34-,36+,37-,38+,46+,47-,48-,49-/m1/s1. The zero-order chi connectivity index (χ0) is 42.2. The first-order valence-electron chi connectivity index (χ1n) is 22.4. The van der Waals surface area contributed by atoms with Gasteiger partial charge in [-0.15, -0.1) is 0 Å². The second kappa shape index (κ2) is 15.1. The third-order valence-corrected chi connectivity index (χ3v) is 18.2. The Kier molecular flexibility index (Phi) is 11.1. The molecule has 0 spiro atoms. The minimum atomic E-state index is -0.830. The molecule has 1 aromatic carbocycles. The largest absolute Gasteiger partial charge is 0.491 e. The number of hydrogen-bond donors (Lipinski definition) is 2. The summed E-state index contributed by atoms with van der Waals surface area (Å²) in [4.78, 5) is 52.9. The van der Waals surface area contributed by atoms with Crippen molar-refractivity contribution in [1.29, 1.82) is 0 Å². The smallest absolute Gasteiger partial charge is 0.309 e. The Balaban J connectivity index is 1.08. The molecular weight excluding hydrogens is 731 g/mol. The maximum atomic E-state index is 14.1. The van der Waals surface area contributed by atoms with Crippen LogP contribution in [0.15, 0.2) is 35.4 Å². The van der Waals surface area contributed by atoms with Crippen LogP contribution in [0.1, 0.15) is 143 Å². The fourth-order valence-electron chi connectivity index (χ4n) is 14.7. The van der Waals surface area contributed by atoms with Gasteiger partial charge in [0.05, 0.1) is 18.4 Å². The minimum absolute atomic E-state index is 0.0355. The number of fused-ring (bicyclic) bond motifs is 7. The molecule has 0 heterocycles. The molecule has 0 saturated heterocycles. The topological polar surface area (TPSA) is 128 Å². The van der Waals surface area contributed by atoms with E-state index < -0.39 is 17.3 Å². The number of methoxy groups -OCH3 is 1. The van der Waals surface area contributed by atoms with Gasteiger partial charge in [-0.2, -0.15) is 0 Å². The molecule has 2 N–H and O–H groups in total. The molecule has 6 aliphatic rings. The van der Waals surface area contributed by atoms with Crippen molar-refractivity contribution in [3.8, 4) is 5.75 Å². The van der Waals surface area contributed by atoms with Crippen molar-refractivity contribution in [2.24, 2.45) is 68.0 Å². The van der Waals surface area contributed by atoms with Gasteiger partial charge in [0, 0.05) is 36.5 Å². The summed E-state index contributed by atoms with van der Waals surface area (Å²) < 4.78 is 17.2. The highest BCUT2D eigenvalue weighted by Crippen LogP contribution is 2.77. The van der Waals surface area contributed by atoms with Gasteiger partial charge < -0.3 is 24.6 Å². The van der Waals surface area contributed by atoms with Crippen molar-refractivity contribution in [2.45, 2.75) is 139 Å². The lowest BCUT2D eigenvalue weighted by Crippen LogP contribution is -2.66. The summed E-state index contributed by atoms with van der Waals surface area (Å²) in [7, 11) is 1.64. The number of aliphatic carboxylic acids is 1. The molecule has 0 aliphatic heterocycles. The number of carbonyl (C=O) groups excluding carboxylic acids is 3. The number of allylic oxidation sites excluding steroid dienone is 2. The van der Waals surface area contributed by atoms with Crippen LogP contribution in [0.2, 0.25) is 0 Å². The van der Waals surface area contributed by atoms with Crippen LogP contribution in [0.3, 0.4) is 0 Å². The molecule has 7 rings (SSSR count). The molecule has 0 unspecified atom stereocenters. The molecule has 9 nitrogen and oxygen atoms in total. The van der Waals surface area contributed by atoms with Gasteiger partial charge in [0.1, 0.15) is 18.5 Å². The molecule has 10 atom stereocenters. The van der Waals surface area contributed by atoms with Crippen LogP contribution in [-0.4, -0.2) is 61.7 Å². The third kappa shape index (κ3) is 6.57. The molecule has 1 aromatic rings. The summed E-state index contributed by atoms with van der Waals surface area (Å²) in [6, 6.07) is 7.23. The number of amides is 1. The number of benzene rings is 1. The number of carboxylic acids is 1. The van der Waals surface area contributed by atoms with Gasteiger partial charge in [-0.05, 0) is 139 Å². The van der Waals surface area contributed by atoms with Crippen LogP contribution in [0.25, 0.3) is 0 Å². The second-order valence-corrected chi connectivity index (χ2v) is 21.6. The first-order chi connectivity index (χ1) is 27.2. The SMILES string of the molecule is COCCOc1ccc(C(=O)NCC[C@@]23CC[C@]4(C)[C@H](CC[C@@H]5[C@@]6(C)CC[C@H](OC(=O)[C@H]7C[C@@H](C(=O)O)C7(C)C)C(C)(C)[C@@H]6CC[C@]54C)C2=C(C(C)C)C(=O)C3)cc1. The Hall–Kier alpha value is -3.20. The predicted molar refractivity (Wildman–Crippen MR) is 223 cm³/mol. The highest BCUT2D eigenvalue weighted by atomic mass is 16.5. The summed E-state index contributed by atoms with van der Waals surface area (Å²) in [5.74, 6) is 0.365. The number of hydrogen-bond acceptors (Lipinski definition) is 7. The minimum Gasteiger partial charge on any atom is -0.491 e. The number of carbonyl (C=O) groups is 4. The summed E-state index contributed by atoms with van der Waals surface area (Å²) in [6.45, 7) is 22.0. The molecule has 6 aliphatic carbocycles. The molecule has 0 radical (unpaired) electrons. The number of Topliss-reactive ketones (excluding diaryl/α,β-unsaturated/α-hetero) is 1. The number of nitrogens with one attached hydrogen (secondary N) is 1. The Morgan fingerprint density at radius 2 is 1.53 bits per heavy atom. The summed E-state index contributed by atoms with van der Waals surface area (Å²) >= 11 is 0. The molecule has 1 amide bonds. The lowest BCUT2D eigenvalue weighted by atomic mass is 9.33. The lowest BCUT2D eigenvalue weighted by molar-refractivity contribution is -0.236. The van der Waals surface area contributed by atoms with Gasteiger partial charge in [-0.3, -0.25) is 19.2 Å². The second-order valence-electron chi connectivity index (χ2n) is 21.6. The van der Waals surface area contributed by atoms with Crippen LogP contribution in [0.5, 0.6) is 5.75 Å². The predicted octanol–water partition coefficient (Wildman–Crippen LogP) is 9.47. The van der Waals surface area contributed by atoms with Crippen LogP contribution in [-0.2, 0) is 23.9 Å². The van der Waals surface area contributed by atoms with E-state index >= 15 is 0 Å². The molecule has 0 bridgehead atoms. The van der Waals surface area contributed by atoms with Crippen molar-refractivity contribution >= 4 is 23.6 Å². The van der Waals surface area contributed by atoms with E-state index in [2.05, 4.69) is 53.8 Å². The van der Waals surface area contributed by atoms with Crippen molar-refractivity contribution in [3.63, 3.8) is 0 Å². The Labute approximate surface area is 347 Å². The zero-order valence-corrected chi connectivity index (χ0v) is 37.1. The van der Waals surface area contributed by atoms with Crippen LogP contribution in [0, 0.1) is 68.0 Å². The molecule has 0 aromatic heterocycles. The fraction of sp³-hybridized carbons (Fsp3) is 0.755. The number of ketones is 1. The van der Waals surface area contributed by atoms with Gasteiger partial charge >= 0.3 is 11.9 Å². The quantitative estimate of drug-likeness (QED) is 0.158. The van der Waals surface area contributed by atoms with Gasteiger partial charge in [0.15, 0.2) is 5.78 Å². The maximum absolute atomic E-state index is 14.1. The third-order valence-electron chi connectivity index (χ3n) is 18.2. The van der Waals surface area contributed by atoms with Gasteiger partial charge in [-0.25, -0.2) is 0 Å². The molecule has 5 saturated carbocycles. The summed E-state index contributed by atoms with van der Waals surface area (Å²) in [5.41, 5.74) is 2.27. The number of rotatable bonds is 12. The van der Waals surface area contributed by atoms with Crippen molar-refractivity contribution in [3.05, 3.63) is 41.0 Å². The average Bonchev–Trinajstić information content (AvgIpc) is 3.45. The molecule has 58 heavy (non-hydrogen) atoms. The van der Waals surface area contributed by atoms with Crippen molar-refractivity contribution in [1.82, 2.24) is 5.32 Å². The van der Waals surface area contributed by atoms with Crippen molar-refractivity contribution in [2.75, 3.05) is 26.9 Å². The van der Waals surface area contributed by atoms with E-state index in [1.807, 2.05) is 26.0 Å². The summed E-state index contributed by atoms with van der Waals surface area (Å²) in [5, 5.41) is 12.9. The first-order valence-corrected chi connectivity index (χ1v) is 22.4. The molecular formula is C49H71NO8. The molecule has 5 fully saturated rings. The lowest BCUT2D eigenvalue weighted by Gasteiger charge is -2.72. The monoisotopic (exact) mass is 802 g/mol. The zero-order valence-electron chi connectivity index (χ0n) is 37.1. The summed E-state index contributed by atoms with van der Waals surface area (Å²) in [6.07, 6.45) is 9.75. The van der Waals surface area contributed by atoms with E-state index in [0.717, 1.165) is 63.4 Å². The maximum Gasteiger partial charge on any atom is 0.309 e. The van der Waals surface area contributed by atoms with Gasteiger partial charge in [0.25, 0.3) is 5.91 Å². The number of esters is 1. The van der Waals surface area contributed by atoms with E-state index in [1.54, 1.807) is 19.2 Å². The van der Waals surface area contributed by atoms with E-state index in [0.29, 0.717) is 67.5 Å². The Bertz CT molecular complexity index is 1830. The van der Waals surface area contributed by atoms with Crippen molar-refractivity contribution < 1.29 is 38.5 Å². The van der Waals surface area contributed by atoms with Gasteiger partial charge in [-0.1, -0.05) is 67.9 Å². The Morgan fingerprint density at radius 3 is 2.17 bits per heavy atom. The Morgan fingerprint density at radius 1 is 0.828 bits per heavy atom. The number of ether oxygens (including phenoxy) is 3. The van der Waals surface area contributed by atoms with E-state index in [9.17, 15) is 24.3 Å². The fourth-order valence-corrected chi connectivity index (χ4v) is 14.7. The van der Waals surface area contributed by atoms with E-state index in [4.69, 9.17) is 14.2 Å². The highest BCUT2D eigenvalue weighted by molar-refractivity contribution is 6.00. The first kappa shape index (κ1) is 42.9. The van der Waals surface area contributed by atoms with E-state index in [-0.39, 0.29) is 56.9 Å². The molecule has 320 valence electrons. The average molecular weight is 802 g/mol.